The third-order valence-electron chi connectivity index (χ3n) is 6.62. The predicted molar refractivity (Wildman–Crippen MR) is 140 cm³/mol. The fraction of sp³-hybridized carbons (Fsp3) is 0.258. The maximum Gasteiger partial charge on any atom is 0.0702 e. The number of pyridine rings is 1. The summed E-state index contributed by atoms with van der Waals surface area (Å²) in [6.45, 7) is 13.7. The molecule has 0 saturated carbocycles. The molecular weight excluding hydrogens is 386 g/mol. The molecule has 32 heavy (non-hydrogen) atoms. The van der Waals surface area contributed by atoms with E-state index in [2.05, 4.69) is 113 Å². The molecule has 5 aromatic rings. The van der Waals surface area contributed by atoms with E-state index in [0.717, 1.165) is 11.3 Å². The van der Waals surface area contributed by atoms with Crippen molar-refractivity contribution in [3.05, 3.63) is 90.1 Å². The molecule has 5 rings (SSSR count). The molecule has 0 radical (unpaired) electrons. The zero-order chi connectivity index (χ0) is 22.7. The molecule has 4 aromatic carbocycles. The summed E-state index contributed by atoms with van der Waals surface area (Å²) in [5, 5.41) is 7.90. The molecule has 0 aliphatic rings. The summed E-state index contributed by atoms with van der Waals surface area (Å²) in [5.41, 5.74) is 5.12. The highest BCUT2D eigenvalue weighted by Crippen LogP contribution is 2.40. The van der Waals surface area contributed by atoms with Crippen LogP contribution in [0.5, 0.6) is 0 Å². The Labute approximate surface area is 191 Å². The summed E-state index contributed by atoms with van der Waals surface area (Å²) in [6, 6.07) is 27.0. The van der Waals surface area contributed by atoms with Gasteiger partial charge in [-0.2, -0.15) is 0 Å². The summed E-state index contributed by atoms with van der Waals surface area (Å²) in [7, 11) is 0. The average Bonchev–Trinajstić information content (AvgIpc) is 2.77. The summed E-state index contributed by atoms with van der Waals surface area (Å²) in [4.78, 5) is 4.59. The SMILES string of the molecule is CC(C)(C)c1ccc2c3ccc(-c4ccccn4)cc3c3cc(C(C)(C)C)ccc3c2c1. The van der Waals surface area contributed by atoms with Crippen LogP contribution in [0.1, 0.15) is 52.7 Å². The zero-order valence-corrected chi connectivity index (χ0v) is 20.0. The predicted octanol–water partition coefficient (Wildman–Crippen LogP) is 8.80. The molecule has 0 saturated heterocycles. The van der Waals surface area contributed by atoms with Crippen LogP contribution < -0.4 is 0 Å². The Morgan fingerprint density at radius 1 is 0.500 bits per heavy atom. The van der Waals surface area contributed by atoms with Gasteiger partial charge < -0.3 is 0 Å². The molecule has 1 nitrogen and oxygen atoms in total. The number of hydrogen-bond donors (Lipinski definition) is 0. The van der Waals surface area contributed by atoms with Crippen LogP contribution >= 0.6 is 0 Å². The lowest BCUT2D eigenvalue weighted by molar-refractivity contribution is 0.591. The van der Waals surface area contributed by atoms with Gasteiger partial charge in [0.2, 0.25) is 0 Å². The van der Waals surface area contributed by atoms with Gasteiger partial charge in [0.25, 0.3) is 0 Å². The molecule has 160 valence electrons. The molecule has 0 bridgehead atoms. The van der Waals surface area contributed by atoms with Crippen LogP contribution in [0.2, 0.25) is 0 Å². The van der Waals surface area contributed by atoms with E-state index < -0.39 is 0 Å². The van der Waals surface area contributed by atoms with Crippen molar-refractivity contribution in [2.75, 3.05) is 0 Å². The number of benzene rings is 4. The fourth-order valence-corrected chi connectivity index (χ4v) is 4.63. The van der Waals surface area contributed by atoms with Gasteiger partial charge in [0, 0.05) is 11.8 Å². The third kappa shape index (κ3) is 3.46. The van der Waals surface area contributed by atoms with E-state index in [1.54, 1.807) is 0 Å². The lowest BCUT2D eigenvalue weighted by Crippen LogP contribution is -2.11. The smallest absolute Gasteiger partial charge is 0.0702 e. The van der Waals surface area contributed by atoms with E-state index in [-0.39, 0.29) is 10.8 Å². The van der Waals surface area contributed by atoms with Crippen molar-refractivity contribution in [2.45, 2.75) is 52.4 Å². The highest BCUT2D eigenvalue weighted by atomic mass is 14.7. The van der Waals surface area contributed by atoms with Crippen LogP contribution in [-0.2, 0) is 10.8 Å². The summed E-state index contributed by atoms with van der Waals surface area (Å²) < 4.78 is 0. The molecule has 1 heterocycles. The quantitative estimate of drug-likeness (QED) is 0.248. The first kappa shape index (κ1) is 20.7. The van der Waals surface area contributed by atoms with Gasteiger partial charge in [-0.15, -0.1) is 0 Å². The second-order valence-corrected chi connectivity index (χ2v) is 11.0. The third-order valence-corrected chi connectivity index (χ3v) is 6.62. The molecule has 0 atom stereocenters. The van der Waals surface area contributed by atoms with Gasteiger partial charge in [-0.1, -0.05) is 84.0 Å². The molecule has 0 amide bonds. The van der Waals surface area contributed by atoms with Gasteiger partial charge >= 0.3 is 0 Å². The Kier molecular flexibility index (Phi) is 4.64. The summed E-state index contributed by atoms with van der Waals surface area (Å²) in [6.07, 6.45) is 1.86. The van der Waals surface area contributed by atoms with E-state index in [9.17, 15) is 0 Å². The van der Waals surface area contributed by atoms with E-state index in [0.29, 0.717) is 0 Å². The van der Waals surface area contributed by atoms with Crippen LogP contribution in [0.4, 0.5) is 0 Å². The van der Waals surface area contributed by atoms with Crippen molar-refractivity contribution in [1.29, 1.82) is 0 Å². The first-order chi connectivity index (χ1) is 15.1. The molecule has 0 aliphatic heterocycles. The normalized spacial score (nSPS) is 12.7. The second kappa shape index (κ2) is 7.17. The van der Waals surface area contributed by atoms with Crippen molar-refractivity contribution < 1.29 is 0 Å². The minimum atomic E-state index is 0.0985. The molecule has 1 heteroatoms. The maximum atomic E-state index is 4.59. The number of nitrogens with zero attached hydrogens (tertiary/aromatic N) is 1. The van der Waals surface area contributed by atoms with Crippen LogP contribution in [0.15, 0.2) is 79.0 Å². The van der Waals surface area contributed by atoms with Gasteiger partial charge in [0.15, 0.2) is 0 Å². The summed E-state index contributed by atoms with van der Waals surface area (Å²) >= 11 is 0. The van der Waals surface area contributed by atoms with Crippen molar-refractivity contribution in [3.63, 3.8) is 0 Å². The monoisotopic (exact) mass is 417 g/mol. The largest absolute Gasteiger partial charge is 0.256 e. The Bertz CT molecular complexity index is 1460. The van der Waals surface area contributed by atoms with E-state index in [4.69, 9.17) is 0 Å². The molecule has 1 aromatic heterocycles. The van der Waals surface area contributed by atoms with Gasteiger partial charge in [-0.05, 0) is 84.6 Å². The molecular formula is C31H31N. The van der Waals surface area contributed by atoms with Crippen molar-refractivity contribution in [3.8, 4) is 11.3 Å². The van der Waals surface area contributed by atoms with E-state index >= 15 is 0 Å². The molecule has 0 aliphatic carbocycles. The Hall–Kier alpha value is -3.19. The molecule has 0 spiro atoms. The van der Waals surface area contributed by atoms with Gasteiger partial charge in [-0.25, -0.2) is 0 Å². The summed E-state index contributed by atoms with van der Waals surface area (Å²) in [5.74, 6) is 0. The maximum absolute atomic E-state index is 4.59. The lowest BCUT2D eigenvalue weighted by Gasteiger charge is -2.22. The van der Waals surface area contributed by atoms with Crippen LogP contribution in [0.25, 0.3) is 43.6 Å². The van der Waals surface area contributed by atoms with Gasteiger partial charge in [0.1, 0.15) is 0 Å². The highest BCUT2D eigenvalue weighted by molar-refractivity contribution is 6.26. The Morgan fingerprint density at radius 3 is 1.53 bits per heavy atom. The average molecular weight is 418 g/mol. The number of aromatic nitrogens is 1. The number of rotatable bonds is 1. The van der Waals surface area contributed by atoms with Crippen molar-refractivity contribution in [1.82, 2.24) is 4.98 Å². The van der Waals surface area contributed by atoms with Gasteiger partial charge in [0.05, 0.1) is 5.69 Å². The van der Waals surface area contributed by atoms with Crippen molar-refractivity contribution in [2.24, 2.45) is 0 Å². The number of fused-ring (bicyclic) bond motifs is 6. The van der Waals surface area contributed by atoms with E-state index in [1.807, 2.05) is 12.3 Å². The first-order valence-corrected chi connectivity index (χ1v) is 11.5. The van der Waals surface area contributed by atoms with Crippen molar-refractivity contribution >= 4 is 32.3 Å². The minimum absolute atomic E-state index is 0.0985. The molecule has 0 fully saturated rings. The number of hydrogen-bond acceptors (Lipinski definition) is 1. The van der Waals surface area contributed by atoms with Crippen LogP contribution in [-0.4, -0.2) is 4.98 Å². The zero-order valence-electron chi connectivity index (χ0n) is 20.0. The second-order valence-electron chi connectivity index (χ2n) is 11.0. The van der Waals surface area contributed by atoms with Crippen LogP contribution in [0, 0.1) is 0 Å². The molecule has 0 N–H and O–H groups in total. The standard InChI is InChI=1S/C31H31N/c1-30(2,3)21-11-14-24-23-13-10-20(29-9-7-8-16-32-29)17-26(23)28-19-22(31(4,5)6)12-15-25(28)27(24)18-21/h7-19H,1-6H3. The van der Waals surface area contributed by atoms with E-state index in [1.165, 1.54) is 43.4 Å². The topological polar surface area (TPSA) is 12.9 Å². The lowest BCUT2D eigenvalue weighted by atomic mass is 9.82. The van der Waals surface area contributed by atoms with Crippen LogP contribution in [0.3, 0.4) is 0 Å². The van der Waals surface area contributed by atoms with Gasteiger partial charge in [-0.3, -0.25) is 4.98 Å². The fourth-order valence-electron chi connectivity index (χ4n) is 4.63. The Morgan fingerprint density at radius 2 is 1.00 bits per heavy atom. The molecule has 0 unspecified atom stereocenters. The minimum Gasteiger partial charge on any atom is -0.256 e. The Balaban J connectivity index is 1.93. The first-order valence-electron chi connectivity index (χ1n) is 11.5. The highest BCUT2D eigenvalue weighted by Gasteiger charge is 2.19.